The van der Waals surface area contributed by atoms with Crippen LogP contribution in [-0.2, 0) is 0 Å². The number of rotatable bonds is 8. The van der Waals surface area contributed by atoms with Crippen LogP contribution in [0.25, 0.3) is 0 Å². The molecule has 0 fully saturated rings. The molecular formula is C12H26S2. The Kier molecular flexibility index (Phi) is 8.32. The Morgan fingerprint density at radius 1 is 1.21 bits per heavy atom. The van der Waals surface area contributed by atoms with Gasteiger partial charge in [-0.05, 0) is 41.4 Å². The molecule has 0 amide bonds. The van der Waals surface area contributed by atoms with Crippen LogP contribution in [-0.4, -0.2) is 17.3 Å². The average Bonchev–Trinajstić information content (AvgIpc) is 2.25. The minimum atomic E-state index is 0.487. The molecule has 0 N–H and O–H groups in total. The Labute approximate surface area is 100 Å². The van der Waals surface area contributed by atoms with Gasteiger partial charge in [0.2, 0.25) is 0 Å². The zero-order valence-corrected chi connectivity index (χ0v) is 11.9. The first-order chi connectivity index (χ1) is 6.64. The summed E-state index contributed by atoms with van der Waals surface area (Å²) in [6, 6.07) is 0. The Morgan fingerprint density at radius 2 is 1.79 bits per heavy atom. The van der Waals surface area contributed by atoms with Gasteiger partial charge in [0.1, 0.15) is 0 Å². The summed E-state index contributed by atoms with van der Waals surface area (Å²) in [7, 11) is 0. The van der Waals surface area contributed by atoms with Crippen molar-refractivity contribution in [2.24, 2.45) is 11.3 Å². The molecule has 2 heteroatoms. The Bertz CT molecular complexity index is 122. The predicted octanol–water partition coefficient (Wildman–Crippen LogP) is 4.50. The Hall–Kier alpha value is 0.700. The molecule has 0 spiro atoms. The van der Waals surface area contributed by atoms with E-state index in [-0.39, 0.29) is 0 Å². The van der Waals surface area contributed by atoms with Crippen LogP contribution in [0.4, 0.5) is 0 Å². The maximum atomic E-state index is 4.50. The average molecular weight is 234 g/mol. The SMILES string of the molecule is CCC(C)CSCC(CC)(CC)CS. The van der Waals surface area contributed by atoms with E-state index in [1.807, 2.05) is 0 Å². The highest BCUT2D eigenvalue weighted by atomic mass is 32.2. The topological polar surface area (TPSA) is 0 Å². The lowest BCUT2D eigenvalue weighted by Crippen LogP contribution is -2.24. The van der Waals surface area contributed by atoms with E-state index in [1.54, 1.807) is 0 Å². The second kappa shape index (κ2) is 7.92. The van der Waals surface area contributed by atoms with Crippen LogP contribution < -0.4 is 0 Å². The van der Waals surface area contributed by atoms with Crippen molar-refractivity contribution in [2.45, 2.75) is 47.0 Å². The van der Waals surface area contributed by atoms with Crippen molar-refractivity contribution in [1.82, 2.24) is 0 Å². The van der Waals surface area contributed by atoms with Crippen molar-refractivity contribution >= 4 is 24.4 Å². The van der Waals surface area contributed by atoms with E-state index >= 15 is 0 Å². The lowest BCUT2D eigenvalue weighted by molar-refractivity contribution is 0.357. The van der Waals surface area contributed by atoms with Gasteiger partial charge in [-0.15, -0.1) is 0 Å². The summed E-state index contributed by atoms with van der Waals surface area (Å²) in [5.74, 6) is 4.50. The quantitative estimate of drug-likeness (QED) is 0.603. The summed E-state index contributed by atoms with van der Waals surface area (Å²) < 4.78 is 0. The molecule has 0 saturated carbocycles. The van der Waals surface area contributed by atoms with Gasteiger partial charge in [-0.3, -0.25) is 0 Å². The fourth-order valence-corrected chi connectivity index (χ4v) is 3.73. The number of hydrogen-bond acceptors (Lipinski definition) is 2. The standard InChI is InChI=1S/C12H26S2/c1-5-11(4)8-14-10-12(6-2,7-3)9-13/h11,13H,5-10H2,1-4H3. The van der Waals surface area contributed by atoms with Crippen molar-refractivity contribution in [1.29, 1.82) is 0 Å². The van der Waals surface area contributed by atoms with Gasteiger partial charge >= 0.3 is 0 Å². The normalized spacial score (nSPS) is 14.4. The summed E-state index contributed by atoms with van der Waals surface area (Å²) in [4.78, 5) is 0. The lowest BCUT2D eigenvalue weighted by Gasteiger charge is -2.29. The smallest absolute Gasteiger partial charge is 0.000310 e. The molecule has 0 saturated heterocycles. The molecule has 0 radical (unpaired) electrons. The summed E-state index contributed by atoms with van der Waals surface area (Å²) >= 11 is 6.61. The minimum Gasteiger partial charge on any atom is -0.179 e. The van der Waals surface area contributed by atoms with Crippen molar-refractivity contribution in [3.05, 3.63) is 0 Å². The van der Waals surface area contributed by atoms with Gasteiger partial charge in [-0.25, -0.2) is 0 Å². The zero-order valence-electron chi connectivity index (χ0n) is 10.2. The first-order valence-electron chi connectivity index (χ1n) is 5.82. The molecule has 0 bridgehead atoms. The van der Waals surface area contributed by atoms with Crippen LogP contribution in [0.15, 0.2) is 0 Å². The van der Waals surface area contributed by atoms with Gasteiger partial charge in [0.25, 0.3) is 0 Å². The van der Waals surface area contributed by atoms with Crippen molar-refractivity contribution in [3.8, 4) is 0 Å². The van der Waals surface area contributed by atoms with E-state index in [9.17, 15) is 0 Å². The third kappa shape index (κ3) is 4.97. The zero-order chi connectivity index (χ0) is 11.0. The van der Waals surface area contributed by atoms with Gasteiger partial charge in [-0.2, -0.15) is 24.4 Å². The van der Waals surface area contributed by atoms with E-state index < -0.39 is 0 Å². The largest absolute Gasteiger partial charge is 0.179 e. The van der Waals surface area contributed by atoms with Crippen molar-refractivity contribution in [2.75, 3.05) is 17.3 Å². The number of thioether (sulfide) groups is 1. The van der Waals surface area contributed by atoms with E-state index in [0.717, 1.165) is 11.7 Å². The van der Waals surface area contributed by atoms with Crippen LogP contribution in [0, 0.1) is 11.3 Å². The number of thiol groups is 1. The molecule has 0 aliphatic heterocycles. The highest BCUT2D eigenvalue weighted by Crippen LogP contribution is 2.32. The second-order valence-corrected chi connectivity index (χ2v) is 5.74. The number of hydrogen-bond donors (Lipinski definition) is 1. The highest BCUT2D eigenvalue weighted by molar-refractivity contribution is 7.99. The van der Waals surface area contributed by atoms with Gasteiger partial charge in [-0.1, -0.05) is 34.1 Å². The molecule has 14 heavy (non-hydrogen) atoms. The molecular weight excluding hydrogens is 208 g/mol. The molecule has 0 nitrogen and oxygen atoms in total. The van der Waals surface area contributed by atoms with Gasteiger partial charge in [0.05, 0.1) is 0 Å². The first kappa shape index (κ1) is 14.7. The van der Waals surface area contributed by atoms with E-state index in [0.29, 0.717) is 5.41 Å². The molecule has 0 aromatic rings. The van der Waals surface area contributed by atoms with Gasteiger partial charge < -0.3 is 0 Å². The fraction of sp³-hybridized carbons (Fsp3) is 1.00. The maximum absolute atomic E-state index is 4.50. The van der Waals surface area contributed by atoms with Crippen LogP contribution in [0.1, 0.15) is 47.0 Å². The summed E-state index contributed by atoms with van der Waals surface area (Å²) in [5.41, 5.74) is 0.487. The summed E-state index contributed by atoms with van der Waals surface area (Å²) in [5, 5.41) is 0. The third-order valence-electron chi connectivity index (χ3n) is 3.34. The van der Waals surface area contributed by atoms with Crippen LogP contribution in [0.2, 0.25) is 0 Å². The predicted molar refractivity (Wildman–Crippen MR) is 73.6 cm³/mol. The lowest BCUT2D eigenvalue weighted by atomic mass is 9.87. The van der Waals surface area contributed by atoms with Crippen molar-refractivity contribution < 1.29 is 0 Å². The molecule has 86 valence electrons. The fourth-order valence-electron chi connectivity index (χ4n) is 1.32. The summed E-state index contributed by atoms with van der Waals surface area (Å²) in [6.45, 7) is 9.21. The van der Waals surface area contributed by atoms with Crippen LogP contribution in [0.5, 0.6) is 0 Å². The molecule has 1 unspecified atom stereocenters. The van der Waals surface area contributed by atoms with E-state index in [4.69, 9.17) is 0 Å². The highest BCUT2D eigenvalue weighted by Gasteiger charge is 2.24. The maximum Gasteiger partial charge on any atom is -0.000310 e. The monoisotopic (exact) mass is 234 g/mol. The molecule has 0 aliphatic rings. The van der Waals surface area contributed by atoms with Gasteiger partial charge in [0.15, 0.2) is 0 Å². The third-order valence-corrected chi connectivity index (χ3v) is 5.64. The molecule has 0 rings (SSSR count). The Balaban J connectivity index is 3.82. The first-order valence-corrected chi connectivity index (χ1v) is 7.61. The molecule has 0 aromatic carbocycles. The molecule has 0 heterocycles. The molecule has 0 aromatic heterocycles. The Morgan fingerprint density at radius 3 is 2.14 bits per heavy atom. The molecule has 0 aliphatic carbocycles. The van der Waals surface area contributed by atoms with Crippen LogP contribution in [0.3, 0.4) is 0 Å². The molecule has 1 atom stereocenters. The van der Waals surface area contributed by atoms with Crippen LogP contribution >= 0.6 is 24.4 Å². The minimum absolute atomic E-state index is 0.487. The van der Waals surface area contributed by atoms with E-state index in [1.165, 1.54) is 30.8 Å². The van der Waals surface area contributed by atoms with E-state index in [2.05, 4.69) is 52.1 Å². The van der Waals surface area contributed by atoms with Crippen molar-refractivity contribution in [3.63, 3.8) is 0 Å². The van der Waals surface area contributed by atoms with Gasteiger partial charge in [0, 0.05) is 0 Å². The summed E-state index contributed by atoms with van der Waals surface area (Å²) in [6.07, 6.45) is 3.83. The second-order valence-electron chi connectivity index (χ2n) is 4.39.